The van der Waals surface area contributed by atoms with E-state index in [2.05, 4.69) is 29.1 Å². The zero-order valence-electron chi connectivity index (χ0n) is 12.5. The molecule has 0 aliphatic heterocycles. The predicted octanol–water partition coefficient (Wildman–Crippen LogP) is 3.48. The van der Waals surface area contributed by atoms with Gasteiger partial charge in [0.05, 0.1) is 5.56 Å². The van der Waals surface area contributed by atoms with Crippen molar-refractivity contribution >= 4 is 5.82 Å². The number of rotatable bonds is 4. The van der Waals surface area contributed by atoms with Crippen LogP contribution in [0.3, 0.4) is 0 Å². The maximum Gasteiger partial charge on any atom is 0.222 e. The summed E-state index contributed by atoms with van der Waals surface area (Å²) in [5, 5.41) is 3.27. The van der Waals surface area contributed by atoms with E-state index in [0.29, 0.717) is 12.0 Å². The molecule has 0 amide bonds. The van der Waals surface area contributed by atoms with Gasteiger partial charge >= 0.3 is 0 Å². The first kappa shape index (κ1) is 14.1. The molecule has 2 unspecified atom stereocenters. The molecule has 1 fully saturated rings. The van der Waals surface area contributed by atoms with E-state index in [1.165, 1.54) is 19.3 Å². The number of aryl methyl sites for hydroxylation is 1. The molecule has 1 saturated carbocycles. The summed E-state index contributed by atoms with van der Waals surface area (Å²) in [5.74, 6) is 3.03. The molecule has 0 bridgehead atoms. The zero-order chi connectivity index (χ0) is 13.8. The van der Waals surface area contributed by atoms with Crippen molar-refractivity contribution in [1.82, 2.24) is 9.97 Å². The van der Waals surface area contributed by atoms with Crippen molar-refractivity contribution in [3.05, 3.63) is 11.4 Å². The Bertz CT molecular complexity index is 434. The molecule has 1 aliphatic carbocycles. The van der Waals surface area contributed by atoms with Crippen molar-refractivity contribution in [2.24, 2.45) is 5.92 Å². The highest BCUT2D eigenvalue weighted by Crippen LogP contribution is 2.30. The van der Waals surface area contributed by atoms with Gasteiger partial charge in [0.15, 0.2) is 0 Å². The monoisotopic (exact) mass is 263 g/mol. The van der Waals surface area contributed by atoms with E-state index in [4.69, 9.17) is 4.74 Å². The Labute approximate surface area is 116 Å². The quantitative estimate of drug-likeness (QED) is 0.903. The molecule has 1 aromatic heterocycles. The third-order valence-electron chi connectivity index (χ3n) is 3.85. The minimum absolute atomic E-state index is 0.302. The number of ether oxygens (including phenoxy) is 1. The fourth-order valence-corrected chi connectivity index (χ4v) is 2.66. The Kier molecular flexibility index (Phi) is 4.61. The van der Waals surface area contributed by atoms with E-state index in [-0.39, 0.29) is 0 Å². The summed E-state index contributed by atoms with van der Waals surface area (Å²) < 4.78 is 6.18. The van der Waals surface area contributed by atoms with Crippen molar-refractivity contribution in [2.45, 2.75) is 59.5 Å². The minimum Gasteiger partial charge on any atom is -0.474 e. The average Bonchev–Trinajstić information content (AvgIpc) is 2.38. The molecule has 4 heteroatoms. The highest BCUT2D eigenvalue weighted by Gasteiger charge is 2.24. The highest BCUT2D eigenvalue weighted by molar-refractivity contribution is 5.48. The molecule has 0 radical (unpaired) electrons. The molecule has 19 heavy (non-hydrogen) atoms. The van der Waals surface area contributed by atoms with Gasteiger partial charge in [0.1, 0.15) is 17.7 Å². The molecule has 1 aliphatic rings. The van der Waals surface area contributed by atoms with Crippen LogP contribution in [0.15, 0.2) is 0 Å². The van der Waals surface area contributed by atoms with Gasteiger partial charge in [0.2, 0.25) is 5.88 Å². The molecular weight excluding hydrogens is 238 g/mol. The maximum atomic E-state index is 6.18. The Balaban J connectivity index is 2.19. The lowest BCUT2D eigenvalue weighted by Crippen LogP contribution is -2.29. The summed E-state index contributed by atoms with van der Waals surface area (Å²) in [6, 6.07) is 0. The fourth-order valence-electron chi connectivity index (χ4n) is 2.66. The van der Waals surface area contributed by atoms with Gasteiger partial charge in [0.25, 0.3) is 0 Å². The number of hydrogen-bond acceptors (Lipinski definition) is 4. The predicted molar refractivity (Wildman–Crippen MR) is 77.7 cm³/mol. The summed E-state index contributed by atoms with van der Waals surface area (Å²) >= 11 is 0. The smallest absolute Gasteiger partial charge is 0.222 e. The highest BCUT2D eigenvalue weighted by atomic mass is 16.5. The van der Waals surface area contributed by atoms with Gasteiger partial charge in [-0.05, 0) is 46.0 Å². The van der Waals surface area contributed by atoms with Gasteiger partial charge in [-0.15, -0.1) is 0 Å². The molecule has 0 aromatic carbocycles. The largest absolute Gasteiger partial charge is 0.474 e. The van der Waals surface area contributed by atoms with E-state index in [1.807, 2.05) is 13.8 Å². The Hall–Kier alpha value is -1.32. The van der Waals surface area contributed by atoms with Gasteiger partial charge in [0, 0.05) is 6.54 Å². The van der Waals surface area contributed by atoms with Crippen molar-refractivity contribution in [1.29, 1.82) is 0 Å². The summed E-state index contributed by atoms with van der Waals surface area (Å²) in [6.07, 6.45) is 5.29. The molecule has 1 heterocycles. The van der Waals surface area contributed by atoms with E-state index in [0.717, 1.165) is 36.1 Å². The first-order valence-electron chi connectivity index (χ1n) is 7.37. The van der Waals surface area contributed by atoms with Crippen LogP contribution in [0.4, 0.5) is 5.82 Å². The first-order chi connectivity index (χ1) is 9.11. The van der Waals surface area contributed by atoms with Crippen LogP contribution in [0.1, 0.15) is 50.9 Å². The summed E-state index contributed by atoms with van der Waals surface area (Å²) in [4.78, 5) is 8.90. The van der Waals surface area contributed by atoms with Crippen LogP contribution in [-0.2, 0) is 0 Å². The van der Waals surface area contributed by atoms with Crippen LogP contribution >= 0.6 is 0 Å². The van der Waals surface area contributed by atoms with Crippen LogP contribution in [-0.4, -0.2) is 22.6 Å². The maximum absolute atomic E-state index is 6.18. The molecule has 1 aromatic rings. The second kappa shape index (κ2) is 6.22. The molecule has 0 saturated heterocycles. The minimum atomic E-state index is 0.302. The lowest BCUT2D eigenvalue weighted by Gasteiger charge is -2.29. The summed E-state index contributed by atoms with van der Waals surface area (Å²) in [6.45, 7) is 9.15. The third kappa shape index (κ3) is 3.37. The van der Waals surface area contributed by atoms with Crippen LogP contribution in [0.5, 0.6) is 5.88 Å². The lowest BCUT2D eigenvalue weighted by atomic mass is 9.88. The molecular formula is C15H25N3O. The van der Waals surface area contributed by atoms with Gasteiger partial charge in [-0.2, -0.15) is 4.98 Å². The number of anilines is 1. The topological polar surface area (TPSA) is 47.0 Å². The van der Waals surface area contributed by atoms with Gasteiger partial charge in [-0.25, -0.2) is 4.98 Å². The van der Waals surface area contributed by atoms with E-state index in [9.17, 15) is 0 Å². The van der Waals surface area contributed by atoms with Crippen LogP contribution in [0.25, 0.3) is 0 Å². The summed E-state index contributed by atoms with van der Waals surface area (Å²) in [7, 11) is 0. The molecule has 106 valence electrons. The first-order valence-corrected chi connectivity index (χ1v) is 7.37. The Morgan fingerprint density at radius 1 is 1.21 bits per heavy atom. The van der Waals surface area contributed by atoms with E-state index >= 15 is 0 Å². The summed E-state index contributed by atoms with van der Waals surface area (Å²) in [5.41, 5.74) is 1.02. The Morgan fingerprint density at radius 2 is 1.95 bits per heavy atom. The standard InChI is InChI=1S/C15H25N3O/c1-5-16-14-11(3)15(18-12(4)17-14)19-13-9-7-6-8-10(13)2/h10,13H,5-9H2,1-4H3,(H,16,17,18). The van der Waals surface area contributed by atoms with Crippen molar-refractivity contribution < 1.29 is 4.74 Å². The van der Waals surface area contributed by atoms with Crippen LogP contribution < -0.4 is 10.1 Å². The third-order valence-corrected chi connectivity index (χ3v) is 3.85. The van der Waals surface area contributed by atoms with Crippen LogP contribution in [0, 0.1) is 19.8 Å². The molecule has 1 N–H and O–H groups in total. The zero-order valence-corrected chi connectivity index (χ0v) is 12.5. The van der Waals surface area contributed by atoms with E-state index in [1.54, 1.807) is 0 Å². The van der Waals surface area contributed by atoms with E-state index < -0.39 is 0 Å². The molecule has 2 atom stereocenters. The van der Waals surface area contributed by atoms with Crippen molar-refractivity contribution in [3.63, 3.8) is 0 Å². The number of aromatic nitrogens is 2. The Morgan fingerprint density at radius 3 is 2.63 bits per heavy atom. The number of nitrogens with zero attached hydrogens (tertiary/aromatic N) is 2. The number of hydrogen-bond donors (Lipinski definition) is 1. The SMILES string of the molecule is CCNc1nc(C)nc(OC2CCCCC2C)c1C. The second-order valence-electron chi connectivity index (χ2n) is 5.50. The second-order valence-corrected chi connectivity index (χ2v) is 5.50. The van der Waals surface area contributed by atoms with Gasteiger partial charge in [-0.1, -0.05) is 13.3 Å². The molecule has 4 nitrogen and oxygen atoms in total. The molecule has 0 spiro atoms. The molecule has 2 rings (SSSR count). The average molecular weight is 263 g/mol. The number of nitrogens with one attached hydrogen (secondary N) is 1. The normalized spacial score (nSPS) is 23.2. The van der Waals surface area contributed by atoms with Crippen LogP contribution in [0.2, 0.25) is 0 Å². The van der Waals surface area contributed by atoms with Crippen molar-refractivity contribution in [2.75, 3.05) is 11.9 Å². The van der Waals surface area contributed by atoms with Crippen molar-refractivity contribution in [3.8, 4) is 5.88 Å². The lowest BCUT2D eigenvalue weighted by molar-refractivity contribution is 0.0965. The fraction of sp³-hybridized carbons (Fsp3) is 0.733. The van der Waals surface area contributed by atoms with Gasteiger partial charge in [-0.3, -0.25) is 0 Å². The van der Waals surface area contributed by atoms with Gasteiger partial charge < -0.3 is 10.1 Å².